The molecule has 7 aromatic carbocycles. The number of furan rings is 1. The van der Waals surface area contributed by atoms with Crippen LogP contribution in [-0.4, -0.2) is 19.5 Å². The van der Waals surface area contributed by atoms with Crippen molar-refractivity contribution >= 4 is 61.1 Å². The maximum atomic E-state index is 6.18. The van der Waals surface area contributed by atoms with E-state index in [-0.39, 0.29) is 5.41 Å². The van der Waals surface area contributed by atoms with Gasteiger partial charge in [0.05, 0.1) is 22.4 Å². The third kappa shape index (κ3) is 4.70. The van der Waals surface area contributed by atoms with Gasteiger partial charge in [-0.05, 0) is 127 Å². The van der Waals surface area contributed by atoms with Crippen LogP contribution in [0.2, 0.25) is 0 Å². The van der Waals surface area contributed by atoms with Crippen molar-refractivity contribution in [2.75, 3.05) is 4.90 Å². The average molecular weight is 788 g/mol. The minimum atomic E-state index is -0.00495. The van der Waals surface area contributed by atoms with Crippen molar-refractivity contribution in [3.63, 3.8) is 0 Å². The van der Waals surface area contributed by atoms with Crippen molar-refractivity contribution in [3.8, 4) is 28.5 Å². The third-order valence-electron chi connectivity index (χ3n) is 15.0. The molecule has 0 N–H and O–H groups in total. The number of hydrogen-bond acceptors (Lipinski definition) is 5. The summed E-state index contributed by atoms with van der Waals surface area (Å²) in [7, 11) is 0. The van der Waals surface area contributed by atoms with Crippen molar-refractivity contribution in [2.24, 2.45) is 23.7 Å². The molecule has 292 valence electrons. The molecule has 4 heterocycles. The normalized spacial score (nSPS) is 20.9. The first-order chi connectivity index (χ1) is 30.2. The Balaban J connectivity index is 0.982. The summed E-state index contributed by atoms with van der Waals surface area (Å²) in [4.78, 5) is 18.6. The molecule has 4 fully saturated rings. The molecule has 1 aliphatic heterocycles. The first kappa shape index (κ1) is 33.7. The minimum Gasteiger partial charge on any atom is -0.456 e. The quantitative estimate of drug-likeness (QED) is 0.178. The Morgan fingerprint density at radius 1 is 0.443 bits per heavy atom. The van der Waals surface area contributed by atoms with E-state index in [9.17, 15) is 0 Å². The molecule has 0 unspecified atom stereocenters. The Morgan fingerprint density at radius 2 is 1.02 bits per heavy atom. The van der Waals surface area contributed by atoms with Gasteiger partial charge in [-0.1, -0.05) is 115 Å². The number of hydrogen-bond donors (Lipinski definition) is 0. The topological polar surface area (TPSA) is 60.0 Å². The summed E-state index contributed by atoms with van der Waals surface area (Å²) in [5.74, 6) is 4.90. The van der Waals surface area contributed by atoms with E-state index in [4.69, 9.17) is 19.4 Å². The number of fused-ring (bicyclic) bond motifs is 8. The predicted molar refractivity (Wildman–Crippen MR) is 245 cm³/mol. The molecular formula is C55H41N5O. The molecular weight excluding hydrogens is 747 g/mol. The zero-order valence-corrected chi connectivity index (χ0v) is 33.6. The number of para-hydroxylation sites is 4. The fourth-order valence-corrected chi connectivity index (χ4v) is 12.9. The lowest BCUT2D eigenvalue weighted by Crippen LogP contribution is -2.57. The lowest BCUT2D eigenvalue weighted by molar-refractivity contribution is -0.0419. The summed E-state index contributed by atoms with van der Waals surface area (Å²) < 4.78 is 8.42. The van der Waals surface area contributed by atoms with Gasteiger partial charge in [-0.25, -0.2) is 0 Å². The van der Waals surface area contributed by atoms with Gasteiger partial charge >= 0.3 is 0 Å². The molecule has 3 aromatic heterocycles. The monoisotopic (exact) mass is 787 g/mol. The van der Waals surface area contributed by atoms with Gasteiger partial charge in [-0.3, -0.25) is 9.47 Å². The molecule has 4 aliphatic carbocycles. The number of nitrogens with zero attached hydrogens (tertiary/aromatic N) is 5. The summed E-state index contributed by atoms with van der Waals surface area (Å²) in [5.41, 5.74) is 12.4. The second kappa shape index (κ2) is 12.5. The Morgan fingerprint density at radius 3 is 1.77 bits per heavy atom. The molecule has 5 aliphatic rings. The summed E-state index contributed by atoms with van der Waals surface area (Å²) >= 11 is 0. The second-order valence-electron chi connectivity index (χ2n) is 18.1. The first-order valence-electron chi connectivity index (χ1n) is 21.9. The zero-order chi connectivity index (χ0) is 39.8. The smallest absolute Gasteiger partial charge is 0.240 e. The van der Waals surface area contributed by atoms with Crippen molar-refractivity contribution in [3.05, 3.63) is 175 Å². The highest BCUT2D eigenvalue weighted by atomic mass is 16.3. The first-order valence-corrected chi connectivity index (χ1v) is 21.9. The Hall–Kier alpha value is -7.05. The van der Waals surface area contributed by atoms with Crippen LogP contribution in [0.4, 0.5) is 17.3 Å². The highest BCUT2D eigenvalue weighted by molar-refractivity contribution is 6.11. The van der Waals surface area contributed by atoms with Crippen molar-refractivity contribution < 1.29 is 4.42 Å². The fraction of sp³-hybridized carbons (Fsp3) is 0.182. The van der Waals surface area contributed by atoms with Gasteiger partial charge < -0.3 is 4.42 Å². The SMILES string of the molecule is c1ccc(-c2nc(N3c4ccccc4C4(c5ccccc53)C3CC5CC(C3)CC4C5)nc(-n3c4ccccc4c4cc(-c5ccc6oc7ccccc7c6c5)ccc43)n2)cc1. The average Bonchev–Trinajstić information content (AvgIpc) is 3.85. The van der Waals surface area contributed by atoms with Crippen LogP contribution in [-0.2, 0) is 5.41 Å². The van der Waals surface area contributed by atoms with Gasteiger partial charge in [0.15, 0.2) is 5.82 Å². The zero-order valence-electron chi connectivity index (χ0n) is 33.6. The molecule has 6 nitrogen and oxygen atoms in total. The maximum absolute atomic E-state index is 6.18. The predicted octanol–water partition coefficient (Wildman–Crippen LogP) is 13.7. The molecule has 4 saturated carbocycles. The molecule has 4 bridgehead atoms. The van der Waals surface area contributed by atoms with Crippen molar-refractivity contribution in [1.82, 2.24) is 19.5 Å². The van der Waals surface area contributed by atoms with Crippen LogP contribution >= 0.6 is 0 Å². The molecule has 0 atom stereocenters. The Labute approximate surface area is 353 Å². The van der Waals surface area contributed by atoms with Crippen LogP contribution in [0, 0.1) is 23.7 Å². The highest BCUT2D eigenvalue weighted by Crippen LogP contribution is 2.69. The molecule has 10 aromatic rings. The third-order valence-corrected chi connectivity index (χ3v) is 15.0. The number of anilines is 3. The van der Waals surface area contributed by atoms with E-state index >= 15 is 0 Å². The lowest BCUT2D eigenvalue weighted by Gasteiger charge is -2.64. The second-order valence-corrected chi connectivity index (χ2v) is 18.1. The lowest BCUT2D eigenvalue weighted by atomic mass is 9.41. The van der Waals surface area contributed by atoms with Gasteiger partial charge in [0.2, 0.25) is 11.9 Å². The van der Waals surface area contributed by atoms with Crippen LogP contribution in [0.5, 0.6) is 0 Å². The van der Waals surface area contributed by atoms with E-state index in [0.29, 0.717) is 29.6 Å². The van der Waals surface area contributed by atoms with Crippen LogP contribution < -0.4 is 4.90 Å². The largest absolute Gasteiger partial charge is 0.456 e. The van der Waals surface area contributed by atoms with Gasteiger partial charge in [-0.2, -0.15) is 15.0 Å². The van der Waals surface area contributed by atoms with E-state index in [1.807, 2.05) is 18.2 Å². The van der Waals surface area contributed by atoms with E-state index in [0.717, 1.165) is 72.3 Å². The van der Waals surface area contributed by atoms with Gasteiger partial charge in [0.25, 0.3) is 0 Å². The molecule has 6 heteroatoms. The van der Waals surface area contributed by atoms with Crippen molar-refractivity contribution in [1.29, 1.82) is 0 Å². The summed E-state index contributed by atoms with van der Waals surface area (Å²) in [5, 5.41) is 4.54. The van der Waals surface area contributed by atoms with E-state index < -0.39 is 0 Å². The van der Waals surface area contributed by atoms with Crippen LogP contribution in [0.25, 0.3) is 72.2 Å². The molecule has 0 amide bonds. The van der Waals surface area contributed by atoms with Crippen molar-refractivity contribution in [2.45, 2.75) is 37.5 Å². The van der Waals surface area contributed by atoms with Gasteiger partial charge in [-0.15, -0.1) is 0 Å². The standard InChI is InChI=1S/C55H41N5O/c1-2-12-35(13-3-1)52-56-53(59-46-18-8-4-14-40(46)42-31-36(22-24-47(42)59)37-23-25-51-43(32-37)41-15-5-11-21-50(41)61-51)58-54(57-52)60-48-19-9-6-16-44(48)55(45-17-7-10-20-49(45)60)38-27-33-26-34(29-38)30-39(55)28-33/h1-25,31-34,38-39H,26-30H2. The van der Waals surface area contributed by atoms with E-state index in [2.05, 4.69) is 155 Å². The Kier molecular flexibility index (Phi) is 6.91. The minimum absolute atomic E-state index is 0.00495. The summed E-state index contributed by atoms with van der Waals surface area (Å²) in [6.07, 6.45) is 6.74. The van der Waals surface area contributed by atoms with E-state index in [1.54, 1.807) is 0 Å². The molecule has 15 rings (SSSR count). The fourth-order valence-electron chi connectivity index (χ4n) is 12.9. The molecule has 0 saturated heterocycles. The molecule has 61 heavy (non-hydrogen) atoms. The van der Waals surface area contributed by atoms with Crippen LogP contribution in [0.1, 0.15) is 43.2 Å². The van der Waals surface area contributed by atoms with Gasteiger partial charge in [0.1, 0.15) is 11.2 Å². The molecule has 0 radical (unpaired) electrons. The van der Waals surface area contributed by atoms with Gasteiger partial charge in [0, 0.05) is 32.5 Å². The number of rotatable bonds is 4. The molecule has 1 spiro atoms. The summed E-state index contributed by atoms with van der Waals surface area (Å²) in [6.45, 7) is 0. The highest BCUT2D eigenvalue weighted by Gasteiger charge is 2.61. The number of benzene rings is 7. The number of aromatic nitrogens is 4. The Bertz CT molecular complexity index is 3340. The van der Waals surface area contributed by atoms with E-state index in [1.165, 1.54) is 54.6 Å². The van der Waals surface area contributed by atoms with Crippen LogP contribution in [0.3, 0.4) is 0 Å². The summed E-state index contributed by atoms with van der Waals surface area (Å²) in [6, 6.07) is 59.0. The van der Waals surface area contributed by atoms with Crippen LogP contribution in [0.15, 0.2) is 168 Å². The maximum Gasteiger partial charge on any atom is 0.240 e.